The number of hydrogen-bond acceptors (Lipinski definition) is 4. The summed E-state index contributed by atoms with van der Waals surface area (Å²) in [7, 11) is 1.59. The summed E-state index contributed by atoms with van der Waals surface area (Å²) in [5, 5.41) is 3.09. The molecular weight excluding hydrogens is 374 g/mol. The Labute approximate surface area is 150 Å². The van der Waals surface area contributed by atoms with E-state index in [9.17, 15) is 9.59 Å². The minimum Gasteiger partial charge on any atom is -0.497 e. The first-order valence-electron chi connectivity index (χ1n) is 8.23. The fourth-order valence-corrected chi connectivity index (χ4v) is 3.78. The molecule has 0 bridgehead atoms. The van der Waals surface area contributed by atoms with Crippen LogP contribution in [0.2, 0.25) is 0 Å². The summed E-state index contributed by atoms with van der Waals surface area (Å²) in [6, 6.07) is 5.51. The van der Waals surface area contributed by atoms with Crippen molar-refractivity contribution in [3.63, 3.8) is 0 Å². The van der Waals surface area contributed by atoms with Gasteiger partial charge in [-0.3, -0.25) is 9.59 Å². The number of likely N-dealkylation sites (tertiary alicyclic amines) is 1. The Hall–Kier alpha value is -1.60. The number of ether oxygens (including phenoxy) is 1. The van der Waals surface area contributed by atoms with Crippen molar-refractivity contribution in [1.29, 1.82) is 0 Å². The van der Waals surface area contributed by atoms with Crippen LogP contribution in [-0.4, -0.2) is 67.5 Å². The van der Waals surface area contributed by atoms with Crippen LogP contribution in [0.1, 0.15) is 23.2 Å². The number of halogens is 1. The molecule has 24 heavy (non-hydrogen) atoms. The Balaban J connectivity index is 1.74. The molecule has 1 aromatic carbocycles. The van der Waals surface area contributed by atoms with Gasteiger partial charge in [0.25, 0.3) is 5.91 Å². The molecule has 2 aliphatic heterocycles. The maximum absolute atomic E-state index is 12.9. The van der Waals surface area contributed by atoms with Gasteiger partial charge in [0.05, 0.1) is 19.2 Å². The average molecular weight is 396 g/mol. The maximum atomic E-state index is 12.9. The van der Waals surface area contributed by atoms with Crippen LogP contribution in [0, 0.1) is 0 Å². The lowest BCUT2D eigenvalue weighted by atomic mass is 10.0. The fraction of sp³-hybridized carbons (Fsp3) is 0.529. The van der Waals surface area contributed by atoms with Gasteiger partial charge in [-0.25, -0.2) is 0 Å². The number of benzene rings is 1. The minimum atomic E-state index is -0.0203. The van der Waals surface area contributed by atoms with Crippen molar-refractivity contribution in [2.45, 2.75) is 18.9 Å². The van der Waals surface area contributed by atoms with Crippen LogP contribution in [0.25, 0.3) is 0 Å². The van der Waals surface area contributed by atoms with E-state index < -0.39 is 0 Å². The predicted octanol–water partition coefficient (Wildman–Crippen LogP) is 1.49. The normalized spacial score (nSPS) is 21.8. The molecule has 2 saturated heterocycles. The number of methoxy groups -OCH3 is 1. The number of carbonyl (C=O) groups is 2. The Morgan fingerprint density at radius 1 is 1.38 bits per heavy atom. The van der Waals surface area contributed by atoms with Gasteiger partial charge in [-0.2, -0.15) is 0 Å². The molecule has 1 aromatic rings. The van der Waals surface area contributed by atoms with Gasteiger partial charge in [-0.15, -0.1) is 0 Å². The summed E-state index contributed by atoms with van der Waals surface area (Å²) in [6.07, 6.45) is 1.87. The van der Waals surface area contributed by atoms with Crippen LogP contribution in [0.15, 0.2) is 22.7 Å². The van der Waals surface area contributed by atoms with E-state index in [1.54, 1.807) is 13.2 Å². The molecule has 2 aliphatic rings. The van der Waals surface area contributed by atoms with Gasteiger partial charge < -0.3 is 19.9 Å². The highest BCUT2D eigenvalue weighted by Gasteiger charge is 2.32. The third kappa shape index (κ3) is 3.57. The number of piperazine rings is 1. The molecule has 2 amide bonds. The zero-order valence-corrected chi connectivity index (χ0v) is 15.3. The zero-order chi connectivity index (χ0) is 17.1. The SMILES string of the molecule is COc1ccc(Br)c(C(=O)N2CCCC(N3CCNCC3=O)C2)c1. The molecule has 1 atom stereocenters. The molecule has 7 heteroatoms. The molecule has 0 spiro atoms. The van der Waals surface area contributed by atoms with Crippen LogP contribution in [0.5, 0.6) is 5.75 Å². The van der Waals surface area contributed by atoms with Crippen molar-refractivity contribution in [1.82, 2.24) is 15.1 Å². The number of piperidine rings is 1. The number of nitrogens with one attached hydrogen (secondary N) is 1. The summed E-state index contributed by atoms with van der Waals surface area (Å²) in [5.74, 6) is 0.767. The Bertz CT molecular complexity index is 638. The summed E-state index contributed by atoms with van der Waals surface area (Å²) in [6.45, 7) is 3.24. The van der Waals surface area contributed by atoms with Gasteiger partial charge in [-0.05, 0) is 47.0 Å². The molecule has 2 fully saturated rings. The second-order valence-electron chi connectivity index (χ2n) is 6.16. The number of carbonyl (C=O) groups excluding carboxylic acids is 2. The van der Waals surface area contributed by atoms with E-state index >= 15 is 0 Å². The van der Waals surface area contributed by atoms with E-state index in [0.29, 0.717) is 30.9 Å². The van der Waals surface area contributed by atoms with Crippen LogP contribution in [0.4, 0.5) is 0 Å². The third-order valence-electron chi connectivity index (χ3n) is 4.65. The van der Waals surface area contributed by atoms with Crippen LogP contribution in [-0.2, 0) is 4.79 Å². The van der Waals surface area contributed by atoms with Gasteiger partial charge in [0.1, 0.15) is 5.75 Å². The molecule has 1 N–H and O–H groups in total. The highest BCUT2D eigenvalue weighted by Crippen LogP contribution is 2.26. The second-order valence-corrected chi connectivity index (χ2v) is 7.01. The molecule has 1 unspecified atom stereocenters. The van der Waals surface area contributed by atoms with Gasteiger partial charge in [0.15, 0.2) is 0 Å². The largest absolute Gasteiger partial charge is 0.497 e. The van der Waals surface area contributed by atoms with E-state index in [-0.39, 0.29) is 17.9 Å². The predicted molar refractivity (Wildman–Crippen MR) is 94.2 cm³/mol. The monoisotopic (exact) mass is 395 g/mol. The first-order valence-corrected chi connectivity index (χ1v) is 9.02. The van der Waals surface area contributed by atoms with E-state index in [1.807, 2.05) is 21.9 Å². The number of amides is 2. The van der Waals surface area contributed by atoms with Crippen molar-refractivity contribution in [3.05, 3.63) is 28.2 Å². The smallest absolute Gasteiger partial charge is 0.255 e. The lowest BCUT2D eigenvalue weighted by Crippen LogP contribution is -2.57. The molecule has 0 saturated carbocycles. The number of rotatable bonds is 3. The van der Waals surface area contributed by atoms with Gasteiger partial charge >= 0.3 is 0 Å². The lowest BCUT2D eigenvalue weighted by molar-refractivity contribution is -0.135. The van der Waals surface area contributed by atoms with E-state index in [2.05, 4.69) is 21.2 Å². The lowest BCUT2D eigenvalue weighted by Gasteiger charge is -2.41. The Kier molecular flexibility index (Phi) is 5.40. The standard InChI is InChI=1S/C17H22BrN3O3/c1-24-13-4-5-15(18)14(9-13)17(23)20-7-2-3-12(11-20)21-8-6-19-10-16(21)22/h4-5,9,12,19H,2-3,6-8,10-11H2,1H3. The van der Waals surface area contributed by atoms with Crippen LogP contribution >= 0.6 is 15.9 Å². The summed E-state index contributed by atoms with van der Waals surface area (Å²) < 4.78 is 5.98. The van der Waals surface area contributed by atoms with Crippen LogP contribution in [0.3, 0.4) is 0 Å². The molecule has 2 heterocycles. The molecule has 0 radical (unpaired) electrons. The van der Waals surface area contributed by atoms with Crippen molar-refractivity contribution < 1.29 is 14.3 Å². The van der Waals surface area contributed by atoms with E-state index in [0.717, 1.165) is 30.4 Å². The molecule has 0 aliphatic carbocycles. The third-order valence-corrected chi connectivity index (χ3v) is 5.35. The summed E-state index contributed by atoms with van der Waals surface area (Å²) in [4.78, 5) is 28.8. The average Bonchev–Trinajstić information content (AvgIpc) is 2.62. The van der Waals surface area contributed by atoms with E-state index in [4.69, 9.17) is 4.74 Å². The summed E-state index contributed by atoms with van der Waals surface area (Å²) in [5.41, 5.74) is 0.599. The van der Waals surface area contributed by atoms with Gasteiger partial charge in [0.2, 0.25) is 5.91 Å². The van der Waals surface area contributed by atoms with Crippen molar-refractivity contribution in [3.8, 4) is 5.75 Å². The highest BCUT2D eigenvalue weighted by atomic mass is 79.9. The first kappa shape index (κ1) is 17.2. The molecule has 3 rings (SSSR count). The molecule has 130 valence electrons. The Morgan fingerprint density at radius 3 is 2.96 bits per heavy atom. The first-order chi connectivity index (χ1) is 11.6. The molecule has 6 nitrogen and oxygen atoms in total. The number of nitrogens with zero attached hydrogens (tertiary/aromatic N) is 2. The second kappa shape index (κ2) is 7.53. The minimum absolute atomic E-state index is 0.0203. The van der Waals surface area contributed by atoms with E-state index in [1.165, 1.54) is 0 Å². The highest BCUT2D eigenvalue weighted by molar-refractivity contribution is 9.10. The number of hydrogen-bond donors (Lipinski definition) is 1. The van der Waals surface area contributed by atoms with Gasteiger partial charge in [-0.1, -0.05) is 0 Å². The summed E-state index contributed by atoms with van der Waals surface area (Å²) >= 11 is 3.45. The van der Waals surface area contributed by atoms with Crippen molar-refractivity contribution >= 4 is 27.7 Å². The molecule has 0 aromatic heterocycles. The van der Waals surface area contributed by atoms with Crippen molar-refractivity contribution in [2.75, 3.05) is 39.8 Å². The fourth-order valence-electron chi connectivity index (χ4n) is 3.37. The zero-order valence-electron chi connectivity index (χ0n) is 13.8. The quantitative estimate of drug-likeness (QED) is 0.841. The Morgan fingerprint density at radius 2 is 2.21 bits per heavy atom. The van der Waals surface area contributed by atoms with Gasteiger partial charge in [0, 0.05) is 36.7 Å². The maximum Gasteiger partial charge on any atom is 0.255 e. The molecular formula is C17H22BrN3O3. The van der Waals surface area contributed by atoms with Crippen LogP contribution < -0.4 is 10.1 Å². The van der Waals surface area contributed by atoms with Crippen molar-refractivity contribution in [2.24, 2.45) is 0 Å². The topological polar surface area (TPSA) is 61.9 Å².